The molecule has 2 aromatic rings. The number of carbonyl (C=O) groups excluding carboxylic acids is 2. The fraction of sp³-hybridized carbons (Fsp3) is 0.500. The number of carbonyl (C=O) groups is 2. The lowest BCUT2D eigenvalue weighted by Gasteiger charge is -2.35. The minimum Gasteiger partial charge on any atom is -0.342 e. The van der Waals surface area contributed by atoms with E-state index >= 15 is 0 Å². The van der Waals surface area contributed by atoms with Crippen molar-refractivity contribution in [2.75, 3.05) is 31.5 Å². The quantitative estimate of drug-likeness (QED) is 0.757. The van der Waals surface area contributed by atoms with Crippen molar-refractivity contribution in [3.63, 3.8) is 0 Å². The second-order valence-corrected chi connectivity index (χ2v) is 9.03. The predicted octanol–water partition coefficient (Wildman–Crippen LogP) is 3.75. The highest BCUT2D eigenvalue weighted by atomic mass is 32.1. The molecule has 0 bridgehead atoms. The van der Waals surface area contributed by atoms with Crippen molar-refractivity contribution in [2.24, 2.45) is 5.92 Å². The molecule has 1 atom stereocenters. The van der Waals surface area contributed by atoms with E-state index in [0.29, 0.717) is 29.5 Å². The molecule has 2 aliphatic rings. The van der Waals surface area contributed by atoms with Gasteiger partial charge in [0.25, 0.3) is 0 Å². The van der Waals surface area contributed by atoms with Gasteiger partial charge in [-0.05, 0) is 63.9 Å². The third-order valence-corrected chi connectivity index (χ3v) is 6.93. The summed E-state index contributed by atoms with van der Waals surface area (Å²) in [6.45, 7) is 5.01. The first-order valence-electron chi connectivity index (χ1n) is 10.7. The van der Waals surface area contributed by atoms with Gasteiger partial charge in [-0.1, -0.05) is 0 Å². The number of benzene rings is 1. The zero-order valence-electron chi connectivity index (χ0n) is 17.4. The van der Waals surface area contributed by atoms with Crippen LogP contribution in [0.2, 0.25) is 0 Å². The van der Waals surface area contributed by atoms with Crippen LogP contribution in [-0.4, -0.2) is 58.8 Å². The molecule has 0 saturated carbocycles. The Labute approximate surface area is 184 Å². The molecular weight excluding hydrogens is 422 g/mol. The molecule has 6 nitrogen and oxygen atoms in total. The van der Waals surface area contributed by atoms with E-state index in [1.54, 1.807) is 5.38 Å². The van der Waals surface area contributed by atoms with Gasteiger partial charge in [-0.25, -0.2) is 13.8 Å². The zero-order valence-corrected chi connectivity index (χ0v) is 18.3. The normalized spacial score (nSPS) is 18.9. The van der Waals surface area contributed by atoms with Gasteiger partial charge in [0.15, 0.2) is 16.8 Å². The van der Waals surface area contributed by atoms with Gasteiger partial charge in [-0.2, -0.15) is 0 Å². The summed E-state index contributed by atoms with van der Waals surface area (Å²) in [7, 11) is 0. The Morgan fingerprint density at radius 1 is 1.13 bits per heavy atom. The predicted molar refractivity (Wildman–Crippen MR) is 116 cm³/mol. The topological polar surface area (TPSA) is 65.5 Å². The van der Waals surface area contributed by atoms with E-state index in [1.165, 1.54) is 17.4 Å². The molecule has 1 N–H and O–H groups in total. The third-order valence-electron chi connectivity index (χ3n) is 6.17. The zero-order chi connectivity index (χ0) is 22.0. The number of hydrogen-bond donors (Lipinski definition) is 1. The second kappa shape index (κ2) is 9.40. The molecule has 0 radical (unpaired) electrons. The average Bonchev–Trinajstić information content (AvgIpc) is 3.47. The Hall–Kier alpha value is -2.39. The SMILES string of the molecule is CC(C(=O)Nc1nc(-c2ccc(F)c(F)c2)cs1)N1CCC(C(=O)N2CCCC2)CC1. The number of likely N-dealkylation sites (tertiary alicyclic amines) is 2. The van der Waals surface area contributed by atoms with Crippen LogP contribution in [0.15, 0.2) is 23.6 Å². The molecule has 0 spiro atoms. The number of aromatic nitrogens is 1. The van der Waals surface area contributed by atoms with Crippen LogP contribution in [-0.2, 0) is 9.59 Å². The highest BCUT2D eigenvalue weighted by molar-refractivity contribution is 7.14. The molecule has 1 unspecified atom stereocenters. The van der Waals surface area contributed by atoms with Crippen LogP contribution in [0.4, 0.5) is 13.9 Å². The molecule has 1 aromatic carbocycles. The summed E-state index contributed by atoms with van der Waals surface area (Å²) in [6, 6.07) is 3.25. The van der Waals surface area contributed by atoms with Crippen LogP contribution in [0, 0.1) is 17.6 Å². The Bertz CT molecular complexity index is 953. The Morgan fingerprint density at radius 2 is 1.84 bits per heavy atom. The largest absolute Gasteiger partial charge is 0.342 e. The fourth-order valence-corrected chi connectivity index (χ4v) is 4.95. The van der Waals surface area contributed by atoms with Crippen LogP contribution >= 0.6 is 11.3 Å². The minimum absolute atomic E-state index is 0.0576. The van der Waals surface area contributed by atoms with Crippen molar-refractivity contribution in [3.8, 4) is 11.3 Å². The summed E-state index contributed by atoms with van der Waals surface area (Å²) in [5, 5.41) is 4.93. The van der Waals surface area contributed by atoms with E-state index in [4.69, 9.17) is 0 Å². The molecular formula is C22H26F2N4O2S. The van der Waals surface area contributed by atoms with Gasteiger partial charge >= 0.3 is 0 Å². The van der Waals surface area contributed by atoms with Gasteiger partial charge in [0.2, 0.25) is 11.8 Å². The van der Waals surface area contributed by atoms with Crippen LogP contribution < -0.4 is 5.32 Å². The van der Waals surface area contributed by atoms with Crippen molar-refractivity contribution < 1.29 is 18.4 Å². The number of halogens is 2. The van der Waals surface area contributed by atoms with Crippen molar-refractivity contribution in [2.45, 2.75) is 38.6 Å². The first kappa shape index (κ1) is 21.8. The molecule has 31 heavy (non-hydrogen) atoms. The molecule has 0 aliphatic carbocycles. The van der Waals surface area contributed by atoms with E-state index in [1.807, 2.05) is 11.8 Å². The molecule has 2 saturated heterocycles. The number of hydrogen-bond acceptors (Lipinski definition) is 5. The van der Waals surface area contributed by atoms with E-state index in [2.05, 4.69) is 15.2 Å². The lowest BCUT2D eigenvalue weighted by atomic mass is 9.94. The average molecular weight is 449 g/mol. The third kappa shape index (κ3) is 4.93. The van der Waals surface area contributed by atoms with Crippen molar-refractivity contribution in [1.29, 1.82) is 0 Å². The summed E-state index contributed by atoms with van der Waals surface area (Å²) in [5.74, 6) is -1.69. The highest BCUT2D eigenvalue weighted by Crippen LogP contribution is 2.27. The van der Waals surface area contributed by atoms with Gasteiger partial charge in [0, 0.05) is 30.0 Å². The number of thiazole rings is 1. The summed E-state index contributed by atoms with van der Waals surface area (Å²) in [5.41, 5.74) is 0.932. The lowest BCUT2D eigenvalue weighted by Crippen LogP contribution is -2.48. The number of amides is 2. The minimum atomic E-state index is -0.934. The molecule has 3 heterocycles. The maximum absolute atomic E-state index is 13.5. The molecule has 2 aliphatic heterocycles. The summed E-state index contributed by atoms with van der Waals surface area (Å²) < 4.78 is 26.6. The fourth-order valence-electron chi connectivity index (χ4n) is 4.22. The standard InChI is InChI=1S/C22H26F2N4O2S/c1-14(27-10-6-15(7-11-27)21(30)28-8-2-3-9-28)20(29)26-22-25-19(13-31-22)16-4-5-17(23)18(24)12-16/h4-5,12-15H,2-3,6-11H2,1H3,(H,25,26,29). The number of piperidine rings is 1. The van der Waals surface area contributed by atoms with Gasteiger partial charge in [-0.3, -0.25) is 14.5 Å². The number of nitrogens with zero attached hydrogens (tertiary/aromatic N) is 3. The maximum Gasteiger partial charge on any atom is 0.243 e. The monoisotopic (exact) mass is 448 g/mol. The molecule has 4 rings (SSSR count). The molecule has 166 valence electrons. The number of anilines is 1. The molecule has 2 amide bonds. The number of rotatable bonds is 5. The lowest BCUT2D eigenvalue weighted by molar-refractivity contribution is -0.136. The summed E-state index contributed by atoms with van der Waals surface area (Å²) in [4.78, 5) is 33.7. The van der Waals surface area contributed by atoms with E-state index in [-0.39, 0.29) is 23.8 Å². The van der Waals surface area contributed by atoms with E-state index in [0.717, 1.165) is 50.9 Å². The van der Waals surface area contributed by atoms with E-state index < -0.39 is 11.6 Å². The smallest absolute Gasteiger partial charge is 0.243 e. The Balaban J connectivity index is 1.30. The van der Waals surface area contributed by atoms with Crippen LogP contribution in [0.3, 0.4) is 0 Å². The number of nitrogens with one attached hydrogen (secondary N) is 1. The van der Waals surface area contributed by atoms with Crippen LogP contribution in [0.25, 0.3) is 11.3 Å². The maximum atomic E-state index is 13.5. The van der Waals surface area contributed by atoms with Gasteiger partial charge in [-0.15, -0.1) is 11.3 Å². The van der Waals surface area contributed by atoms with Crippen molar-refractivity contribution in [3.05, 3.63) is 35.2 Å². The van der Waals surface area contributed by atoms with Gasteiger partial charge in [0.1, 0.15) is 0 Å². The van der Waals surface area contributed by atoms with E-state index in [9.17, 15) is 18.4 Å². The summed E-state index contributed by atoms with van der Waals surface area (Å²) >= 11 is 1.24. The van der Waals surface area contributed by atoms with Crippen molar-refractivity contribution >= 4 is 28.3 Å². The highest BCUT2D eigenvalue weighted by Gasteiger charge is 2.32. The molecule has 9 heteroatoms. The van der Waals surface area contributed by atoms with Crippen molar-refractivity contribution in [1.82, 2.24) is 14.8 Å². The second-order valence-electron chi connectivity index (χ2n) is 8.17. The van der Waals surface area contributed by atoms with Crippen LogP contribution in [0.5, 0.6) is 0 Å². The van der Waals surface area contributed by atoms with Gasteiger partial charge in [0.05, 0.1) is 11.7 Å². The Morgan fingerprint density at radius 3 is 2.52 bits per heavy atom. The van der Waals surface area contributed by atoms with Gasteiger partial charge < -0.3 is 10.2 Å². The molecule has 1 aromatic heterocycles. The first-order chi connectivity index (χ1) is 14.9. The van der Waals surface area contributed by atoms with Crippen LogP contribution in [0.1, 0.15) is 32.6 Å². The Kier molecular flexibility index (Phi) is 6.62. The summed E-state index contributed by atoms with van der Waals surface area (Å²) in [6.07, 6.45) is 3.72. The molecule has 2 fully saturated rings. The first-order valence-corrected chi connectivity index (χ1v) is 11.5.